The summed E-state index contributed by atoms with van der Waals surface area (Å²) >= 11 is 18.8. The fourth-order valence-electron chi connectivity index (χ4n) is 2.17. The van der Waals surface area contributed by atoms with E-state index in [1.165, 1.54) is 0 Å². The Morgan fingerprint density at radius 1 is 0.960 bits per heavy atom. The molecule has 0 spiro atoms. The molecule has 0 aromatic heterocycles. The predicted molar refractivity (Wildman–Crippen MR) is 105 cm³/mol. The Hall–Kier alpha value is -1.13. The van der Waals surface area contributed by atoms with E-state index in [4.69, 9.17) is 44.3 Å². The minimum Gasteiger partial charge on any atom is -0.493 e. The van der Waals surface area contributed by atoms with Gasteiger partial charge >= 0.3 is 0 Å². The van der Waals surface area contributed by atoms with E-state index in [2.05, 4.69) is 26.1 Å². The highest BCUT2D eigenvalue weighted by molar-refractivity contribution is 6.36. The average Bonchev–Trinajstić information content (AvgIpc) is 2.52. The predicted octanol–water partition coefficient (Wildman–Crippen LogP) is 6.12. The van der Waals surface area contributed by atoms with Gasteiger partial charge in [0.15, 0.2) is 11.5 Å². The van der Waals surface area contributed by atoms with Crippen LogP contribution in [0.15, 0.2) is 30.3 Å². The van der Waals surface area contributed by atoms with Crippen LogP contribution < -0.4 is 14.8 Å². The van der Waals surface area contributed by atoms with Crippen LogP contribution in [0.2, 0.25) is 15.1 Å². The average molecular weight is 403 g/mol. The van der Waals surface area contributed by atoms with Gasteiger partial charge in [-0.25, -0.2) is 0 Å². The van der Waals surface area contributed by atoms with Crippen LogP contribution >= 0.6 is 34.8 Å². The lowest BCUT2D eigenvalue weighted by atomic mass is 10.1. The maximum absolute atomic E-state index is 6.40. The molecule has 0 saturated carbocycles. The van der Waals surface area contributed by atoms with Gasteiger partial charge in [-0.15, -0.1) is 0 Å². The highest BCUT2D eigenvalue weighted by atomic mass is 35.5. The summed E-state index contributed by atoms with van der Waals surface area (Å²) in [6.45, 7) is 7.16. The minimum absolute atomic E-state index is 0.00740. The molecule has 0 saturated heterocycles. The van der Waals surface area contributed by atoms with E-state index >= 15 is 0 Å². The van der Waals surface area contributed by atoms with Crippen LogP contribution in [0.25, 0.3) is 0 Å². The Morgan fingerprint density at radius 2 is 1.60 bits per heavy atom. The second-order valence-corrected chi connectivity index (χ2v) is 7.91. The number of nitrogens with one attached hydrogen (secondary N) is 1. The first-order valence-corrected chi connectivity index (χ1v) is 9.02. The molecule has 0 aliphatic rings. The summed E-state index contributed by atoms with van der Waals surface area (Å²) in [6, 6.07) is 8.98. The fraction of sp³-hybridized carbons (Fsp3) is 0.368. The van der Waals surface area contributed by atoms with Crippen LogP contribution in [0.3, 0.4) is 0 Å². The lowest BCUT2D eigenvalue weighted by Gasteiger charge is -2.21. The normalized spacial score (nSPS) is 11.5. The number of hydrogen-bond acceptors (Lipinski definition) is 3. The summed E-state index contributed by atoms with van der Waals surface area (Å²) < 4.78 is 11.3. The van der Waals surface area contributed by atoms with Gasteiger partial charge in [-0.05, 0) is 44.5 Å². The maximum Gasteiger partial charge on any atom is 0.163 e. The van der Waals surface area contributed by atoms with Gasteiger partial charge in [-0.3, -0.25) is 0 Å². The number of benzene rings is 2. The molecule has 2 rings (SSSR count). The molecule has 1 N–H and O–H groups in total. The van der Waals surface area contributed by atoms with Crippen LogP contribution in [0.5, 0.6) is 11.5 Å². The number of rotatable bonds is 6. The number of halogens is 3. The van der Waals surface area contributed by atoms with Crippen LogP contribution in [0, 0.1) is 0 Å². The van der Waals surface area contributed by atoms with Gasteiger partial charge in [0.1, 0.15) is 6.61 Å². The molecular weight excluding hydrogens is 381 g/mol. The second-order valence-electron chi connectivity index (χ2n) is 6.69. The molecular formula is C19H22Cl3NO2. The first kappa shape index (κ1) is 20.2. The summed E-state index contributed by atoms with van der Waals surface area (Å²) in [5.41, 5.74) is 1.66. The third kappa shape index (κ3) is 5.68. The third-order valence-corrected chi connectivity index (χ3v) is 4.64. The van der Waals surface area contributed by atoms with E-state index in [1.54, 1.807) is 31.4 Å². The second kappa shape index (κ2) is 8.50. The van der Waals surface area contributed by atoms with E-state index in [1.807, 2.05) is 6.07 Å². The van der Waals surface area contributed by atoms with Gasteiger partial charge in [-0.2, -0.15) is 0 Å². The number of ether oxygens (including phenoxy) is 2. The molecule has 6 heteroatoms. The van der Waals surface area contributed by atoms with Crippen molar-refractivity contribution in [3.05, 3.63) is 56.5 Å². The van der Waals surface area contributed by atoms with E-state index in [-0.39, 0.29) is 12.1 Å². The molecule has 0 amide bonds. The van der Waals surface area contributed by atoms with Crippen molar-refractivity contribution in [2.45, 2.75) is 39.5 Å². The quantitative estimate of drug-likeness (QED) is 0.631. The topological polar surface area (TPSA) is 30.5 Å². The molecule has 2 aromatic carbocycles. The smallest absolute Gasteiger partial charge is 0.163 e. The highest BCUT2D eigenvalue weighted by Gasteiger charge is 2.15. The monoisotopic (exact) mass is 401 g/mol. The third-order valence-electron chi connectivity index (χ3n) is 3.58. The molecule has 25 heavy (non-hydrogen) atoms. The van der Waals surface area contributed by atoms with Crippen molar-refractivity contribution in [3.63, 3.8) is 0 Å². The number of hydrogen-bond donors (Lipinski definition) is 1. The number of methoxy groups -OCH3 is 1. The molecule has 0 unspecified atom stereocenters. The van der Waals surface area contributed by atoms with Gasteiger partial charge in [0.2, 0.25) is 0 Å². The van der Waals surface area contributed by atoms with Crippen molar-refractivity contribution in [1.29, 1.82) is 0 Å². The Labute approximate surface area is 164 Å². The first-order chi connectivity index (χ1) is 11.7. The molecule has 3 nitrogen and oxygen atoms in total. The lowest BCUT2D eigenvalue weighted by Crippen LogP contribution is -2.35. The Morgan fingerprint density at radius 3 is 2.16 bits per heavy atom. The largest absolute Gasteiger partial charge is 0.493 e. The van der Waals surface area contributed by atoms with Gasteiger partial charge in [0, 0.05) is 38.8 Å². The van der Waals surface area contributed by atoms with E-state index in [0.717, 1.165) is 11.1 Å². The van der Waals surface area contributed by atoms with Gasteiger partial charge in [-0.1, -0.05) is 40.9 Å². The van der Waals surface area contributed by atoms with Crippen molar-refractivity contribution in [3.8, 4) is 11.5 Å². The van der Waals surface area contributed by atoms with Gasteiger partial charge in [0.05, 0.1) is 7.11 Å². The van der Waals surface area contributed by atoms with Gasteiger partial charge < -0.3 is 14.8 Å². The molecule has 136 valence electrons. The van der Waals surface area contributed by atoms with Crippen LogP contribution in [-0.4, -0.2) is 12.6 Å². The first-order valence-electron chi connectivity index (χ1n) is 7.88. The van der Waals surface area contributed by atoms with Crippen LogP contribution in [-0.2, 0) is 13.2 Å². The molecule has 2 aromatic rings. The van der Waals surface area contributed by atoms with E-state index < -0.39 is 0 Å². The zero-order valence-corrected chi connectivity index (χ0v) is 17.0. The van der Waals surface area contributed by atoms with Crippen molar-refractivity contribution < 1.29 is 9.47 Å². The van der Waals surface area contributed by atoms with Crippen LogP contribution in [0.4, 0.5) is 0 Å². The van der Waals surface area contributed by atoms with Crippen molar-refractivity contribution in [2.24, 2.45) is 0 Å². The molecule has 0 atom stereocenters. The van der Waals surface area contributed by atoms with E-state index in [0.29, 0.717) is 33.1 Å². The summed E-state index contributed by atoms with van der Waals surface area (Å²) in [4.78, 5) is 0. The van der Waals surface area contributed by atoms with Crippen molar-refractivity contribution in [2.75, 3.05) is 7.11 Å². The van der Waals surface area contributed by atoms with E-state index in [9.17, 15) is 0 Å². The summed E-state index contributed by atoms with van der Waals surface area (Å²) in [6.07, 6.45) is 0. The minimum atomic E-state index is -0.00740. The Kier molecular flexibility index (Phi) is 6.86. The fourth-order valence-corrected chi connectivity index (χ4v) is 2.89. The summed E-state index contributed by atoms with van der Waals surface area (Å²) in [7, 11) is 1.60. The lowest BCUT2D eigenvalue weighted by molar-refractivity contribution is 0.284. The molecule has 0 radical (unpaired) electrons. The molecule has 0 aliphatic heterocycles. The molecule has 0 heterocycles. The zero-order chi connectivity index (χ0) is 18.6. The summed E-state index contributed by atoms with van der Waals surface area (Å²) in [5.74, 6) is 1.15. The highest BCUT2D eigenvalue weighted by Crippen LogP contribution is 2.35. The standard InChI is InChI=1S/C19H22Cl3NO2/c1-19(2,3)23-10-12-8-17(24-4)18(9-16(12)22)25-11-13-14(20)6-5-7-15(13)21/h5-9,23H,10-11H2,1-4H3. The summed E-state index contributed by atoms with van der Waals surface area (Å²) in [5, 5.41) is 5.13. The van der Waals surface area contributed by atoms with Crippen molar-refractivity contribution in [1.82, 2.24) is 5.32 Å². The Balaban J connectivity index is 2.19. The molecule has 0 bridgehead atoms. The van der Waals surface area contributed by atoms with Crippen LogP contribution in [0.1, 0.15) is 31.9 Å². The Bertz CT molecular complexity index is 722. The zero-order valence-electron chi connectivity index (χ0n) is 14.8. The molecule has 0 aliphatic carbocycles. The van der Waals surface area contributed by atoms with Crippen molar-refractivity contribution >= 4 is 34.8 Å². The SMILES string of the molecule is COc1cc(CNC(C)(C)C)c(Cl)cc1OCc1c(Cl)cccc1Cl. The molecule has 0 fully saturated rings. The van der Waals surface area contributed by atoms with Gasteiger partial charge in [0.25, 0.3) is 0 Å². The maximum atomic E-state index is 6.40.